The van der Waals surface area contributed by atoms with Crippen molar-refractivity contribution < 1.29 is 9.53 Å². The van der Waals surface area contributed by atoms with Crippen LogP contribution in [0.15, 0.2) is 0 Å². The lowest BCUT2D eigenvalue weighted by atomic mass is 9.95. The van der Waals surface area contributed by atoms with Gasteiger partial charge in [0.2, 0.25) is 0 Å². The second-order valence-electron chi connectivity index (χ2n) is 7.55. The van der Waals surface area contributed by atoms with Crippen molar-refractivity contribution in [1.29, 1.82) is 0 Å². The zero-order valence-electron chi connectivity index (χ0n) is 14.0. The standard InChI is InChI=1S/C17H32N2O2/c1-17(2,3)21-16(20)19-13-7-10-15(19)11-12-18-14-8-5-4-6-9-14/h14-15,18H,4-13H2,1-3H3. The van der Waals surface area contributed by atoms with Gasteiger partial charge in [-0.1, -0.05) is 19.3 Å². The van der Waals surface area contributed by atoms with E-state index in [4.69, 9.17) is 4.74 Å². The van der Waals surface area contributed by atoms with Crippen molar-refractivity contribution in [3.63, 3.8) is 0 Å². The van der Waals surface area contributed by atoms with Crippen LogP contribution in [0, 0.1) is 0 Å². The lowest BCUT2D eigenvalue weighted by Gasteiger charge is -2.29. The number of carbonyl (C=O) groups excluding carboxylic acids is 1. The summed E-state index contributed by atoms with van der Waals surface area (Å²) in [6.07, 6.45) is 9.90. The summed E-state index contributed by atoms with van der Waals surface area (Å²) in [5.74, 6) is 0. The Morgan fingerprint density at radius 1 is 1.14 bits per heavy atom. The Labute approximate surface area is 129 Å². The summed E-state index contributed by atoms with van der Waals surface area (Å²) in [7, 11) is 0. The average Bonchev–Trinajstić information content (AvgIpc) is 2.86. The molecule has 1 aliphatic carbocycles. The van der Waals surface area contributed by atoms with Crippen molar-refractivity contribution in [1.82, 2.24) is 10.2 Å². The fourth-order valence-electron chi connectivity index (χ4n) is 3.46. The van der Waals surface area contributed by atoms with Crippen LogP contribution in [0.1, 0.15) is 72.1 Å². The third kappa shape index (κ3) is 5.50. The summed E-state index contributed by atoms with van der Waals surface area (Å²) in [5.41, 5.74) is -0.398. The molecule has 0 aromatic rings. The van der Waals surface area contributed by atoms with Gasteiger partial charge < -0.3 is 15.0 Å². The highest BCUT2D eigenvalue weighted by Gasteiger charge is 2.31. The summed E-state index contributed by atoms with van der Waals surface area (Å²) in [6, 6.07) is 1.06. The molecular formula is C17H32N2O2. The number of ether oxygens (including phenoxy) is 1. The number of nitrogens with one attached hydrogen (secondary N) is 1. The predicted octanol–water partition coefficient (Wildman–Crippen LogP) is 3.70. The number of nitrogens with zero attached hydrogens (tertiary/aromatic N) is 1. The van der Waals surface area contributed by atoms with Gasteiger partial charge in [-0.15, -0.1) is 0 Å². The number of carbonyl (C=O) groups is 1. The van der Waals surface area contributed by atoms with Gasteiger partial charge in [-0.25, -0.2) is 4.79 Å². The Morgan fingerprint density at radius 3 is 2.52 bits per heavy atom. The van der Waals surface area contributed by atoms with E-state index in [1.807, 2.05) is 25.7 Å². The highest BCUT2D eigenvalue weighted by molar-refractivity contribution is 5.68. The summed E-state index contributed by atoms with van der Waals surface area (Å²) >= 11 is 0. The zero-order chi connectivity index (χ0) is 15.3. The topological polar surface area (TPSA) is 41.6 Å². The molecule has 0 bridgehead atoms. The van der Waals surface area contributed by atoms with Crippen LogP contribution in [0.25, 0.3) is 0 Å². The van der Waals surface area contributed by atoms with Crippen LogP contribution in [-0.2, 0) is 4.74 Å². The van der Waals surface area contributed by atoms with Gasteiger partial charge in [-0.2, -0.15) is 0 Å². The molecule has 1 amide bonds. The van der Waals surface area contributed by atoms with E-state index in [9.17, 15) is 4.79 Å². The molecule has 0 aromatic carbocycles. The molecule has 4 heteroatoms. The van der Waals surface area contributed by atoms with Gasteiger partial charge in [0.1, 0.15) is 5.60 Å². The quantitative estimate of drug-likeness (QED) is 0.860. The number of amides is 1. The third-order valence-corrected chi connectivity index (χ3v) is 4.52. The first-order valence-corrected chi connectivity index (χ1v) is 8.69. The van der Waals surface area contributed by atoms with Crippen molar-refractivity contribution in [3.8, 4) is 0 Å². The Morgan fingerprint density at radius 2 is 1.86 bits per heavy atom. The lowest BCUT2D eigenvalue weighted by molar-refractivity contribution is 0.0220. The van der Waals surface area contributed by atoms with E-state index in [2.05, 4.69) is 5.32 Å². The van der Waals surface area contributed by atoms with Gasteiger partial charge >= 0.3 is 6.09 Å². The number of hydrogen-bond acceptors (Lipinski definition) is 3. The molecule has 1 saturated carbocycles. The molecule has 1 aliphatic heterocycles. The van der Waals surface area contributed by atoms with E-state index in [-0.39, 0.29) is 6.09 Å². The van der Waals surface area contributed by atoms with Gasteiger partial charge in [-0.3, -0.25) is 0 Å². The largest absolute Gasteiger partial charge is 0.444 e. The van der Waals surface area contributed by atoms with E-state index < -0.39 is 5.60 Å². The van der Waals surface area contributed by atoms with Gasteiger partial charge in [0.15, 0.2) is 0 Å². The van der Waals surface area contributed by atoms with Crippen LogP contribution >= 0.6 is 0 Å². The van der Waals surface area contributed by atoms with Gasteiger partial charge in [0.25, 0.3) is 0 Å². The molecule has 1 heterocycles. The molecule has 122 valence electrons. The fourth-order valence-corrected chi connectivity index (χ4v) is 3.46. The number of hydrogen-bond donors (Lipinski definition) is 1. The molecular weight excluding hydrogens is 264 g/mol. The summed E-state index contributed by atoms with van der Waals surface area (Å²) in [5, 5.41) is 3.68. The third-order valence-electron chi connectivity index (χ3n) is 4.52. The maximum Gasteiger partial charge on any atom is 0.410 e. The van der Waals surface area contributed by atoms with E-state index in [1.54, 1.807) is 0 Å². The van der Waals surface area contributed by atoms with Crippen molar-refractivity contribution in [2.45, 2.75) is 89.8 Å². The molecule has 0 radical (unpaired) electrons. The molecule has 0 spiro atoms. The second kappa shape index (κ2) is 7.48. The monoisotopic (exact) mass is 296 g/mol. The van der Waals surface area contributed by atoms with Crippen molar-refractivity contribution in [2.75, 3.05) is 13.1 Å². The van der Waals surface area contributed by atoms with Crippen LogP contribution in [0.2, 0.25) is 0 Å². The molecule has 21 heavy (non-hydrogen) atoms. The molecule has 1 N–H and O–H groups in total. The Hall–Kier alpha value is -0.770. The number of likely N-dealkylation sites (tertiary alicyclic amines) is 1. The minimum absolute atomic E-state index is 0.136. The van der Waals surface area contributed by atoms with E-state index in [1.165, 1.54) is 32.1 Å². The van der Waals surface area contributed by atoms with Crippen molar-refractivity contribution >= 4 is 6.09 Å². The molecule has 2 rings (SSSR count). The maximum atomic E-state index is 12.2. The molecule has 1 saturated heterocycles. The van der Waals surface area contributed by atoms with Crippen LogP contribution in [0.3, 0.4) is 0 Å². The van der Waals surface area contributed by atoms with Gasteiger partial charge in [0, 0.05) is 18.6 Å². The van der Waals surface area contributed by atoms with Crippen molar-refractivity contribution in [2.24, 2.45) is 0 Å². The minimum Gasteiger partial charge on any atom is -0.444 e. The Balaban J connectivity index is 1.72. The first-order valence-electron chi connectivity index (χ1n) is 8.69. The van der Waals surface area contributed by atoms with Crippen LogP contribution in [0.5, 0.6) is 0 Å². The van der Waals surface area contributed by atoms with Crippen molar-refractivity contribution in [3.05, 3.63) is 0 Å². The molecule has 0 aromatic heterocycles. The van der Waals surface area contributed by atoms with Gasteiger partial charge in [-0.05, 0) is 59.4 Å². The second-order valence-corrected chi connectivity index (χ2v) is 7.55. The van der Waals surface area contributed by atoms with E-state index in [0.29, 0.717) is 12.1 Å². The average molecular weight is 296 g/mol. The first-order chi connectivity index (χ1) is 9.96. The van der Waals surface area contributed by atoms with Crippen LogP contribution in [0.4, 0.5) is 4.79 Å². The molecule has 1 atom stereocenters. The smallest absolute Gasteiger partial charge is 0.410 e. The van der Waals surface area contributed by atoms with E-state index >= 15 is 0 Å². The van der Waals surface area contributed by atoms with Crippen LogP contribution in [-0.4, -0.2) is 41.8 Å². The Kier molecular flexibility index (Phi) is 5.91. The molecule has 1 unspecified atom stereocenters. The highest BCUT2D eigenvalue weighted by atomic mass is 16.6. The minimum atomic E-state index is -0.398. The molecule has 4 nitrogen and oxygen atoms in total. The SMILES string of the molecule is CC(C)(C)OC(=O)N1CCCC1CCNC1CCCCC1. The lowest BCUT2D eigenvalue weighted by Crippen LogP contribution is -2.41. The number of rotatable bonds is 4. The van der Waals surface area contributed by atoms with E-state index in [0.717, 1.165) is 32.4 Å². The first kappa shape index (κ1) is 16.6. The normalized spacial score (nSPS) is 24.3. The zero-order valence-corrected chi connectivity index (χ0v) is 14.0. The summed E-state index contributed by atoms with van der Waals surface area (Å²) < 4.78 is 5.51. The molecule has 2 fully saturated rings. The fraction of sp³-hybridized carbons (Fsp3) is 0.941. The summed E-state index contributed by atoms with van der Waals surface area (Å²) in [6.45, 7) is 7.67. The summed E-state index contributed by atoms with van der Waals surface area (Å²) in [4.78, 5) is 14.2. The Bertz CT molecular complexity index is 332. The maximum absolute atomic E-state index is 12.2. The van der Waals surface area contributed by atoms with Crippen LogP contribution < -0.4 is 5.32 Å². The van der Waals surface area contributed by atoms with Gasteiger partial charge in [0.05, 0.1) is 0 Å². The predicted molar refractivity (Wildman–Crippen MR) is 85.5 cm³/mol. The highest BCUT2D eigenvalue weighted by Crippen LogP contribution is 2.23. The molecule has 2 aliphatic rings.